The number of rotatable bonds is 3. The maximum absolute atomic E-state index is 6.32. The molecule has 5 rings (SSSR count). The molecular weight excluding hydrogens is 354 g/mol. The molecule has 7 heteroatoms. The van der Waals surface area contributed by atoms with Crippen LogP contribution in [0.5, 0.6) is 11.5 Å². The van der Waals surface area contributed by atoms with E-state index in [1.807, 2.05) is 48.5 Å². The van der Waals surface area contributed by atoms with E-state index < -0.39 is 0 Å². The molecule has 1 unspecified atom stereocenters. The van der Waals surface area contributed by atoms with Crippen molar-refractivity contribution in [1.82, 2.24) is 20.6 Å². The van der Waals surface area contributed by atoms with E-state index in [9.17, 15) is 0 Å². The fourth-order valence-electron chi connectivity index (χ4n) is 3.77. The molecule has 0 radical (unpaired) electrons. The second-order valence-electron chi connectivity index (χ2n) is 6.52. The highest BCUT2D eigenvalue weighted by molar-refractivity contribution is 5.93. The fraction of sp³-hybridized carbons (Fsp3) is 0.0952. The highest BCUT2D eigenvalue weighted by Gasteiger charge is 2.34. The van der Waals surface area contributed by atoms with Crippen molar-refractivity contribution in [2.24, 2.45) is 5.73 Å². The van der Waals surface area contributed by atoms with Gasteiger partial charge in [0.2, 0.25) is 5.82 Å². The molecule has 0 aliphatic carbocycles. The quantitative estimate of drug-likeness (QED) is 0.574. The summed E-state index contributed by atoms with van der Waals surface area (Å²) in [6, 6.07) is 20.1. The van der Waals surface area contributed by atoms with Gasteiger partial charge in [-0.25, -0.2) is 0 Å². The summed E-state index contributed by atoms with van der Waals surface area (Å²) in [5.74, 6) is 1.98. The first-order valence-electron chi connectivity index (χ1n) is 8.83. The zero-order valence-electron chi connectivity index (χ0n) is 15.1. The number of methoxy groups -OCH3 is 1. The summed E-state index contributed by atoms with van der Waals surface area (Å²) in [6.07, 6.45) is 0. The van der Waals surface area contributed by atoms with Crippen molar-refractivity contribution in [1.29, 1.82) is 0 Å². The third-order valence-corrected chi connectivity index (χ3v) is 5.03. The molecular formula is C21H17N5O2. The lowest BCUT2D eigenvalue weighted by atomic mass is 9.80. The number of hydrogen-bond donors (Lipinski definition) is 2. The Balaban J connectivity index is 1.81. The standard InChI is InChI=1S/C21H17N5O2/c1-27-14-9-6-13(7-10-14)17-18-15-5-3-2-4-12(15)8-11-16(18)28-20(22)19(17)21-23-25-26-24-21/h2-11,17H,22H2,1H3,(H,23,24,25,26). The molecule has 4 aromatic rings. The van der Waals surface area contributed by atoms with Crippen LogP contribution in [0.4, 0.5) is 0 Å². The van der Waals surface area contributed by atoms with Crippen LogP contribution >= 0.6 is 0 Å². The predicted octanol–water partition coefficient (Wildman–Crippen LogP) is 3.21. The molecule has 0 saturated heterocycles. The number of nitrogens with zero attached hydrogens (tertiary/aromatic N) is 3. The van der Waals surface area contributed by atoms with E-state index >= 15 is 0 Å². The molecule has 0 saturated carbocycles. The number of hydrogen-bond acceptors (Lipinski definition) is 6. The van der Waals surface area contributed by atoms with Crippen LogP contribution in [0.2, 0.25) is 0 Å². The normalized spacial score (nSPS) is 16.0. The largest absolute Gasteiger partial charge is 0.497 e. The molecule has 3 N–H and O–H groups in total. The molecule has 7 nitrogen and oxygen atoms in total. The Bertz CT molecular complexity index is 1180. The van der Waals surface area contributed by atoms with Gasteiger partial charge in [-0.05, 0) is 39.7 Å². The van der Waals surface area contributed by atoms with Gasteiger partial charge in [-0.3, -0.25) is 0 Å². The number of aromatic amines is 1. The SMILES string of the molecule is COc1ccc(C2C(c3nn[nH]n3)=C(N)Oc3ccc4ccccc4c32)cc1. The second kappa shape index (κ2) is 6.38. The highest BCUT2D eigenvalue weighted by Crippen LogP contribution is 2.48. The number of nitrogens with two attached hydrogens (primary N) is 1. The van der Waals surface area contributed by atoms with Crippen molar-refractivity contribution in [3.63, 3.8) is 0 Å². The third-order valence-electron chi connectivity index (χ3n) is 5.03. The molecule has 0 amide bonds. The van der Waals surface area contributed by atoms with E-state index in [-0.39, 0.29) is 11.8 Å². The molecule has 28 heavy (non-hydrogen) atoms. The van der Waals surface area contributed by atoms with Gasteiger partial charge in [-0.1, -0.05) is 42.5 Å². The lowest BCUT2D eigenvalue weighted by molar-refractivity contribution is 0.405. The van der Waals surface area contributed by atoms with Crippen molar-refractivity contribution in [3.05, 3.63) is 83.5 Å². The van der Waals surface area contributed by atoms with E-state index in [1.165, 1.54) is 0 Å². The number of tetrazole rings is 1. The average Bonchev–Trinajstić information content (AvgIpc) is 3.27. The lowest BCUT2D eigenvalue weighted by Gasteiger charge is -2.29. The molecule has 138 valence electrons. The minimum atomic E-state index is -0.210. The van der Waals surface area contributed by atoms with Crippen molar-refractivity contribution in [2.75, 3.05) is 7.11 Å². The molecule has 2 heterocycles. The topological polar surface area (TPSA) is 98.9 Å². The van der Waals surface area contributed by atoms with Gasteiger partial charge in [-0.15, -0.1) is 10.2 Å². The fourth-order valence-corrected chi connectivity index (χ4v) is 3.77. The van der Waals surface area contributed by atoms with Crippen LogP contribution in [-0.4, -0.2) is 27.7 Å². The smallest absolute Gasteiger partial charge is 0.206 e. The minimum absolute atomic E-state index is 0.210. The lowest BCUT2D eigenvalue weighted by Crippen LogP contribution is -2.22. The molecule has 1 atom stereocenters. The second-order valence-corrected chi connectivity index (χ2v) is 6.52. The maximum Gasteiger partial charge on any atom is 0.206 e. The predicted molar refractivity (Wildman–Crippen MR) is 105 cm³/mol. The number of aromatic nitrogens is 4. The van der Waals surface area contributed by atoms with Crippen LogP contribution < -0.4 is 15.2 Å². The van der Waals surface area contributed by atoms with Crippen LogP contribution in [0, 0.1) is 0 Å². The van der Waals surface area contributed by atoms with Gasteiger partial charge < -0.3 is 15.2 Å². The van der Waals surface area contributed by atoms with Gasteiger partial charge in [0.15, 0.2) is 5.88 Å². The monoisotopic (exact) mass is 371 g/mol. The number of fused-ring (bicyclic) bond motifs is 3. The summed E-state index contributed by atoms with van der Waals surface area (Å²) in [6.45, 7) is 0. The summed E-state index contributed by atoms with van der Waals surface area (Å²) >= 11 is 0. The van der Waals surface area contributed by atoms with E-state index in [0.717, 1.165) is 33.4 Å². The van der Waals surface area contributed by atoms with E-state index in [2.05, 4.69) is 32.8 Å². The van der Waals surface area contributed by atoms with Crippen molar-refractivity contribution >= 4 is 16.3 Å². The van der Waals surface area contributed by atoms with Gasteiger partial charge >= 0.3 is 0 Å². The molecule has 1 aliphatic rings. The number of nitrogens with one attached hydrogen (secondary N) is 1. The van der Waals surface area contributed by atoms with Crippen LogP contribution in [-0.2, 0) is 0 Å². The van der Waals surface area contributed by atoms with Crippen LogP contribution in [0.1, 0.15) is 22.9 Å². The van der Waals surface area contributed by atoms with Gasteiger partial charge in [0.25, 0.3) is 0 Å². The summed E-state index contributed by atoms with van der Waals surface area (Å²) in [4.78, 5) is 0. The third kappa shape index (κ3) is 2.48. The van der Waals surface area contributed by atoms with Gasteiger partial charge in [0, 0.05) is 11.5 Å². The van der Waals surface area contributed by atoms with Gasteiger partial charge in [0.05, 0.1) is 12.7 Å². The molecule has 1 aliphatic heterocycles. The highest BCUT2D eigenvalue weighted by atomic mass is 16.5. The molecule has 0 fully saturated rings. The number of allylic oxidation sites excluding steroid dienone is 1. The van der Waals surface area contributed by atoms with E-state index in [1.54, 1.807) is 7.11 Å². The Morgan fingerprint density at radius 2 is 1.86 bits per heavy atom. The molecule has 1 aromatic heterocycles. The Hall–Kier alpha value is -3.87. The Morgan fingerprint density at radius 1 is 1.04 bits per heavy atom. The van der Waals surface area contributed by atoms with Crippen LogP contribution in [0.15, 0.2) is 66.5 Å². The number of ether oxygens (including phenoxy) is 2. The molecule has 3 aromatic carbocycles. The summed E-state index contributed by atoms with van der Waals surface area (Å²) in [5.41, 5.74) is 9.06. The Kier molecular flexibility index (Phi) is 3.72. The van der Waals surface area contributed by atoms with Crippen LogP contribution in [0.25, 0.3) is 16.3 Å². The molecule has 0 spiro atoms. The van der Waals surface area contributed by atoms with Crippen molar-refractivity contribution in [3.8, 4) is 11.5 Å². The van der Waals surface area contributed by atoms with Gasteiger partial charge in [-0.2, -0.15) is 5.21 Å². The first-order chi connectivity index (χ1) is 13.8. The summed E-state index contributed by atoms with van der Waals surface area (Å²) in [7, 11) is 1.65. The number of benzene rings is 3. The minimum Gasteiger partial charge on any atom is -0.497 e. The maximum atomic E-state index is 6.32. The summed E-state index contributed by atoms with van der Waals surface area (Å²) < 4.78 is 11.3. The zero-order chi connectivity index (χ0) is 19.1. The van der Waals surface area contributed by atoms with Crippen molar-refractivity contribution in [2.45, 2.75) is 5.92 Å². The Morgan fingerprint density at radius 3 is 2.61 bits per heavy atom. The first kappa shape index (κ1) is 16.3. The van der Waals surface area contributed by atoms with Gasteiger partial charge in [0.1, 0.15) is 11.5 Å². The van der Waals surface area contributed by atoms with E-state index in [0.29, 0.717) is 11.4 Å². The molecule has 0 bridgehead atoms. The number of H-pyrrole nitrogens is 1. The van der Waals surface area contributed by atoms with Crippen LogP contribution in [0.3, 0.4) is 0 Å². The Labute approximate surface area is 160 Å². The van der Waals surface area contributed by atoms with E-state index in [4.69, 9.17) is 15.2 Å². The zero-order valence-corrected chi connectivity index (χ0v) is 15.1. The van der Waals surface area contributed by atoms with Crippen molar-refractivity contribution < 1.29 is 9.47 Å². The summed E-state index contributed by atoms with van der Waals surface area (Å²) in [5, 5.41) is 16.7. The first-order valence-corrected chi connectivity index (χ1v) is 8.83. The average molecular weight is 371 g/mol.